The van der Waals surface area contributed by atoms with E-state index in [4.69, 9.17) is 11.1 Å². The first kappa shape index (κ1) is 9.47. The average molecular weight is 166 g/mol. The van der Waals surface area contributed by atoms with Gasteiger partial charge in [-0.3, -0.25) is 0 Å². The van der Waals surface area contributed by atoms with Crippen molar-refractivity contribution in [2.75, 3.05) is 7.05 Å². The Morgan fingerprint density at radius 3 is 2.00 bits per heavy atom. The molecule has 0 saturated carbocycles. The number of halogens is 1. The second-order valence-electron chi connectivity index (χ2n) is 3.52. The molecular formula is C6H16ClNSi. The van der Waals surface area contributed by atoms with Crippen molar-refractivity contribution in [2.24, 2.45) is 5.41 Å². The van der Waals surface area contributed by atoms with E-state index in [2.05, 4.69) is 25.8 Å². The molecule has 0 radical (unpaired) electrons. The zero-order valence-electron chi connectivity index (χ0n) is 6.66. The molecule has 0 aromatic heterocycles. The van der Waals surface area contributed by atoms with Gasteiger partial charge in [0.15, 0.2) is 0 Å². The molecule has 1 unspecified atom stereocenters. The van der Waals surface area contributed by atoms with E-state index >= 15 is 0 Å². The minimum absolute atomic E-state index is 0.391. The first-order valence-corrected chi connectivity index (χ1v) is 6.41. The summed E-state index contributed by atoms with van der Waals surface area (Å²) in [6.07, 6.45) is 0. The third-order valence-electron chi connectivity index (χ3n) is 1.10. The van der Waals surface area contributed by atoms with Crippen LogP contribution in [0.5, 0.6) is 0 Å². The summed E-state index contributed by atoms with van der Waals surface area (Å²) in [5.41, 5.74) is 0.391. The maximum absolute atomic E-state index is 5.98. The maximum Gasteiger partial charge on any atom is 0.211 e. The monoisotopic (exact) mass is 165 g/mol. The first-order valence-electron chi connectivity index (χ1n) is 3.27. The molecule has 0 fully saturated rings. The van der Waals surface area contributed by atoms with E-state index < -0.39 is 8.27 Å². The predicted octanol–water partition coefficient (Wildman–Crippen LogP) is 1.71. The Morgan fingerprint density at radius 2 is 1.89 bits per heavy atom. The van der Waals surface area contributed by atoms with Crippen LogP contribution in [-0.2, 0) is 0 Å². The van der Waals surface area contributed by atoms with E-state index in [0.29, 0.717) is 5.41 Å². The molecule has 56 valence electrons. The van der Waals surface area contributed by atoms with Crippen LogP contribution in [0.4, 0.5) is 0 Å². The Balaban J connectivity index is 3.47. The van der Waals surface area contributed by atoms with Crippen LogP contribution in [0.15, 0.2) is 0 Å². The highest BCUT2D eigenvalue weighted by Crippen LogP contribution is 2.21. The Hall–Kier alpha value is 0.467. The van der Waals surface area contributed by atoms with E-state index in [9.17, 15) is 0 Å². The zero-order chi connectivity index (χ0) is 7.49. The second-order valence-corrected chi connectivity index (χ2v) is 7.02. The van der Waals surface area contributed by atoms with Gasteiger partial charge in [0.25, 0.3) is 0 Å². The number of rotatable bonds is 2. The molecule has 1 N–H and O–H groups in total. The first-order chi connectivity index (χ1) is 3.95. The van der Waals surface area contributed by atoms with Gasteiger partial charge in [-0.25, -0.2) is 0 Å². The number of hydrogen-bond donors (Lipinski definition) is 1. The summed E-state index contributed by atoms with van der Waals surface area (Å²) < 4.78 is 0. The summed E-state index contributed by atoms with van der Waals surface area (Å²) in [6, 6.07) is 1.14. The van der Waals surface area contributed by atoms with Crippen LogP contribution in [0, 0.1) is 5.41 Å². The second kappa shape index (κ2) is 3.59. The summed E-state index contributed by atoms with van der Waals surface area (Å²) in [7, 11) is 0.856. The summed E-state index contributed by atoms with van der Waals surface area (Å²) in [6.45, 7) is 6.64. The highest BCUT2D eigenvalue weighted by molar-refractivity contribution is 7.05. The van der Waals surface area contributed by atoms with E-state index in [1.54, 1.807) is 0 Å². The van der Waals surface area contributed by atoms with Crippen molar-refractivity contribution in [2.45, 2.75) is 26.8 Å². The van der Waals surface area contributed by atoms with Crippen LogP contribution in [0.3, 0.4) is 0 Å². The standard InChI is InChI=1S/C6H16ClNSi/c1-6(2,3)5-9(7)8-4/h8-9H,5H2,1-4H3. The molecule has 0 rings (SSSR count). The van der Waals surface area contributed by atoms with E-state index in [-0.39, 0.29) is 0 Å². The molecule has 0 amide bonds. The van der Waals surface area contributed by atoms with Crippen LogP contribution in [0.25, 0.3) is 0 Å². The smallest absolute Gasteiger partial charge is 0.211 e. The normalized spacial score (nSPS) is 15.7. The largest absolute Gasteiger partial charge is 0.331 e. The molecule has 0 spiro atoms. The Kier molecular flexibility index (Phi) is 3.78. The lowest BCUT2D eigenvalue weighted by atomic mass is 10.0. The van der Waals surface area contributed by atoms with Gasteiger partial charge < -0.3 is 4.98 Å². The molecule has 0 aromatic carbocycles. The SMILES string of the molecule is CN[SiH](Cl)CC(C)(C)C. The van der Waals surface area contributed by atoms with E-state index in [0.717, 1.165) is 6.04 Å². The lowest BCUT2D eigenvalue weighted by Gasteiger charge is -2.19. The fraction of sp³-hybridized carbons (Fsp3) is 1.00. The summed E-state index contributed by atoms with van der Waals surface area (Å²) in [5.74, 6) is 0. The molecule has 9 heavy (non-hydrogen) atoms. The van der Waals surface area contributed by atoms with Gasteiger partial charge in [0.1, 0.15) is 0 Å². The van der Waals surface area contributed by atoms with Crippen LogP contribution in [0.2, 0.25) is 6.04 Å². The fourth-order valence-electron chi connectivity index (χ4n) is 0.640. The predicted molar refractivity (Wildman–Crippen MR) is 46.3 cm³/mol. The minimum Gasteiger partial charge on any atom is -0.331 e. The highest BCUT2D eigenvalue weighted by atomic mass is 35.6. The van der Waals surface area contributed by atoms with Crippen LogP contribution in [-0.4, -0.2) is 15.3 Å². The third kappa shape index (κ3) is 6.35. The van der Waals surface area contributed by atoms with Gasteiger partial charge in [0.05, 0.1) is 0 Å². The van der Waals surface area contributed by atoms with Crippen molar-refractivity contribution in [3.05, 3.63) is 0 Å². The van der Waals surface area contributed by atoms with E-state index in [1.807, 2.05) is 7.05 Å². The van der Waals surface area contributed by atoms with Crippen molar-refractivity contribution in [3.63, 3.8) is 0 Å². The Morgan fingerprint density at radius 1 is 1.44 bits per heavy atom. The zero-order valence-corrected chi connectivity index (χ0v) is 8.57. The van der Waals surface area contributed by atoms with Gasteiger partial charge in [-0.1, -0.05) is 20.8 Å². The lowest BCUT2D eigenvalue weighted by molar-refractivity contribution is 0.464. The van der Waals surface area contributed by atoms with Gasteiger partial charge in [-0.15, -0.1) is 0 Å². The minimum atomic E-state index is -1.08. The number of hydrogen-bond acceptors (Lipinski definition) is 1. The topological polar surface area (TPSA) is 12.0 Å². The lowest BCUT2D eigenvalue weighted by Crippen LogP contribution is -2.28. The molecule has 0 bridgehead atoms. The Labute approximate surface area is 64.2 Å². The van der Waals surface area contributed by atoms with Gasteiger partial charge in [-0.2, -0.15) is 11.1 Å². The van der Waals surface area contributed by atoms with Crippen molar-refractivity contribution in [1.82, 2.24) is 4.98 Å². The maximum atomic E-state index is 5.98. The van der Waals surface area contributed by atoms with Gasteiger partial charge >= 0.3 is 0 Å². The molecule has 0 saturated heterocycles. The molecule has 1 nitrogen and oxygen atoms in total. The van der Waals surface area contributed by atoms with Crippen LogP contribution >= 0.6 is 11.1 Å². The fourth-order valence-corrected chi connectivity index (χ4v) is 3.31. The molecule has 0 aromatic rings. The molecule has 0 aliphatic heterocycles. The third-order valence-corrected chi connectivity index (χ3v) is 4.43. The van der Waals surface area contributed by atoms with Crippen molar-refractivity contribution in [1.29, 1.82) is 0 Å². The average Bonchev–Trinajstić information content (AvgIpc) is 1.62. The van der Waals surface area contributed by atoms with Crippen molar-refractivity contribution < 1.29 is 0 Å². The van der Waals surface area contributed by atoms with Gasteiger partial charge in [0, 0.05) is 0 Å². The summed E-state index contributed by atoms with van der Waals surface area (Å²) >= 11 is 5.98. The molecule has 1 atom stereocenters. The Bertz CT molecular complexity index is 79.6. The quantitative estimate of drug-likeness (QED) is 0.486. The van der Waals surface area contributed by atoms with Crippen LogP contribution < -0.4 is 4.98 Å². The molecular weight excluding hydrogens is 150 g/mol. The van der Waals surface area contributed by atoms with Crippen molar-refractivity contribution >= 4 is 19.3 Å². The number of nitrogens with one attached hydrogen (secondary N) is 1. The van der Waals surface area contributed by atoms with Crippen LogP contribution in [0.1, 0.15) is 20.8 Å². The summed E-state index contributed by atoms with van der Waals surface area (Å²) in [4.78, 5) is 3.13. The highest BCUT2D eigenvalue weighted by Gasteiger charge is 2.16. The van der Waals surface area contributed by atoms with Gasteiger partial charge in [0.2, 0.25) is 8.27 Å². The molecule has 0 heterocycles. The van der Waals surface area contributed by atoms with Crippen molar-refractivity contribution in [3.8, 4) is 0 Å². The molecule has 0 aliphatic rings. The molecule has 3 heteroatoms. The summed E-state index contributed by atoms with van der Waals surface area (Å²) in [5, 5.41) is 0. The van der Waals surface area contributed by atoms with E-state index in [1.165, 1.54) is 0 Å². The molecule has 0 aliphatic carbocycles. The van der Waals surface area contributed by atoms with Gasteiger partial charge in [-0.05, 0) is 18.5 Å².